The number of carbonyl (C=O) groups excluding carboxylic acids is 3. The summed E-state index contributed by atoms with van der Waals surface area (Å²) in [5, 5.41) is 3.98. The van der Waals surface area contributed by atoms with Crippen molar-refractivity contribution in [1.29, 1.82) is 0 Å². The first-order valence-electron chi connectivity index (χ1n) is 9.25. The van der Waals surface area contributed by atoms with E-state index in [9.17, 15) is 14.4 Å². The van der Waals surface area contributed by atoms with E-state index in [4.69, 9.17) is 17.3 Å². The highest BCUT2D eigenvalue weighted by molar-refractivity contribution is 7.17. The Kier molecular flexibility index (Phi) is 5.12. The van der Waals surface area contributed by atoms with Crippen LogP contribution in [0.1, 0.15) is 40.1 Å². The van der Waals surface area contributed by atoms with E-state index in [1.807, 2.05) is 0 Å². The molecule has 2 aliphatic rings. The zero-order valence-electron chi connectivity index (χ0n) is 15.2. The molecule has 3 amide bonds. The summed E-state index contributed by atoms with van der Waals surface area (Å²) < 4.78 is 0. The van der Waals surface area contributed by atoms with Gasteiger partial charge in [-0.3, -0.25) is 14.4 Å². The maximum Gasteiger partial charge on any atom is 0.251 e. The number of fused-ring (bicyclic) bond motifs is 1. The van der Waals surface area contributed by atoms with Gasteiger partial charge in [0.05, 0.1) is 11.5 Å². The van der Waals surface area contributed by atoms with Crippen molar-refractivity contribution in [3.8, 4) is 0 Å². The molecule has 1 aromatic carbocycles. The molecule has 2 heterocycles. The van der Waals surface area contributed by atoms with Crippen molar-refractivity contribution in [2.45, 2.75) is 32.1 Å². The van der Waals surface area contributed by atoms with Gasteiger partial charge in [-0.25, -0.2) is 0 Å². The summed E-state index contributed by atoms with van der Waals surface area (Å²) in [4.78, 5) is 39.9. The number of nitrogens with one attached hydrogen (secondary N) is 1. The number of primary amides is 1. The van der Waals surface area contributed by atoms with Crippen LogP contribution in [0, 0.1) is 5.92 Å². The number of hydrogen-bond acceptors (Lipinski definition) is 4. The molecule has 1 aliphatic carbocycles. The van der Waals surface area contributed by atoms with Gasteiger partial charge in [-0.2, -0.15) is 0 Å². The SMILES string of the molecule is NC(=O)c1c(NC(=O)[C@@H]2CC(=O)N(c3ccc(Cl)cc3)C2)sc2c1CCCC2. The van der Waals surface area contributed by atoms with Gasteiger partial charge in [-0.1, -0.05) is 11.6 Å². The summed E-state index contributed by atoms with van der Waals surface area (Å²) in [6.07, 6.45) is 3.94. The van der Waals surface area contributed by atoms with Crippen molar-refractivity contribution in [3.63, 3.8) is 0 Å². The number of nitrogens with zero attached hydrogens (tertiary/aromatic N) is 1. The van der Waals surface area contributed by atoms with Crippen LogP contribution < -0.4 is 16.0 Å². The third-order valence-corrected chi connectivity index (χ3v) is 6.75. The molecule has 8 heteroatoms. The van der Waals surface area contributed by atoms with E-state index >= 15 is 0 Å². The van der Waals surface area contributed by atoms with Crippen molar-refractivity contribution >= 4 is 51.3 Å². The largest absolute Gasteiger partial charge is 0.365 e. The molecular formula is C20H20ClN3O3S. The summed E-state index contributed by atoms with van der Waals surface area (Å²) in [5.74, 6) is -1.36. The predicted octanol–water partition coefficient (Wildman–Crippen LogP) is 3.37. The summed E-state index contributed by atoms with van der Waals surface area (Å²) >= 11 is 7.33. The first kappa shape index (κ1) is 19.0. The van der Waals surface area contributed by atoms with E-state index in [0.29, 0.717) is 27.8 Å². The fourth-order valence-electron chi connectivity index (χ4n) is 3.88. The van der Waals surface area contributed by atoms with Crippen LogP contribution >= 0.6 is 22.9 Å². The van der Waals surface area contributed by atoms with Crippen LogP contribution in [0.15, 0.2) is 24.3 Å². The molecule has 2 aromatic rings. The number of anilines is 2. The lowest BCUT2D eigenvalue weighted by molar-refractivity contribution is -0.122. The number of carbonyl (C=O) groups is 3. The first-order valence-corrected chi connectivity index (χ1v) is 10.4. The Morgan fingerprint density at radius 3 is 2.61 bits per heavy atom. The first-order chi connectivity index (χ1) is 13.4. The average molecular weight is 418 g/mol. The summed E-state index contributed by atoms with van der Waals surface area (Å²) in [6.45, 7) is 0.295. The fraction of sp³-hybridized carbons (Fsp3) is 0.350. The Morgan fingerprint density at radius 1 is 1.18 bits per heavy atom. The Hall–Kier alpha value is -2.38. The molecular weight excluding hydrogens is 398 g/mol. The van der Waals surface area contributed by atoms with Gasteiger partial charge in [-0.05, 0) is 55.5 Å². The van der Waals surface area contributed by atoms with Gasteiger partial charge < -0.3 is 16.0 Å². The Balaban J connectivity index is 1.52. The van der Waals surface area contributed by atoms with Crippen LogP contribution in [0.4, 0.5) is 10.7 Å². The Labute approximate surface area is 171 Å². The van der Waals surface area contributed by atoms with Crippen molar-refractivity contribution in [2.75, 3.05) is 16.8 Å². The molecule has 28 heavy (non-hydrogen) atoms. The van der Waals surface area contributed by atoms with Gasteiger partial charge >= 0.3 is 0 Å². The number of benzene rings is 1. The quantitative estimate of drug-likeness (QED) is 0.798. The number of hydrogen-bond donors (Lipinski definition) is 2. The number of nitrogens with two attached hydrogens (primary N) is 1. The highest BCUT2D eigenvalue weighted by Gasteiger charge is 2.36. The van der Waals surface area contributed by atoms with Gasteiger partial charge in [-0.15, -0.1) is 11.3 Å². The monoisotopic (exact) mass is 417 g/mol. The van der Waals surface area contributed by atoms with Gasteiger partial charge in [0.25, 0.3) is 5.91 Å². The number of amides is 3. The van der Waals surface area contributed by atoms with E-state index < -0.39 is 11.8 Å². The molecule has 0 radical (unpaired) electrons. The molecule has 4 rings (SSSR count). The van der Waals surface area contributed by atoms with Gasteiger partial charge in [0, 0.05) is 28.6 Å². The van der Waals surface area contributed by atoms with Crippen LogP contribution in [-0.4, -0.2) is 24.3 Å². The third-order valence-electron chi connectivity index (χ3n) is 5.29. The fourth-order valence-corrected chi connectivity index (χ4v) is 5.31. The summed E-state index contributed by atoms with van der Waals surface area (Å²) in [7, 11) is 0. The van der Waals surface area contributed by atoms with Crippen LogP contribution in [0.2, 0.25) is 5.02 Å². The van der Waals surface area contributed by atoms with E-state index in [1.165, 1.54) is 11.3 Å². The van der Waals surface area contributed by atoms with Crippen molar-refractivity contribution < 1.29 is 14.4 Å². The highest BCUT2D eigenvalue weighted by atomic mass is 35.5. The molecule has 1 fully saturated rings. The summed E-state index contributed by atoms with van der Waals surface area (Å²) in [5.41, 5.74) is 7.72. The lowest BCUT2D eigenvalue weighted by Crippen LogP contribution is -2.28. The Bertz CT molecular complexity index is 954. The molecule has 146 valence electrons. The number of thiophene rings is 1. The van der Waals surface area contributed by atoms with Gasteiger partial charge in [0.15, 0.2) is 0 Å². The standard InChI is InChI=1S/C20H20ClN3O3S/c21-12-5-7-13(8-6-12)24-10-11(9-16(24)25)19(27)23-20-17(18(22)26)14-3-1-2-4-15(14)28-20/h5-8,11H,1-4,9-10H2,(H2,22,26)(H,23,27)/t11-/m1/s1. The zero-order valence-corrected chi connectivity index (χ0v) is 16.7. The van der Waals surface area contributed by atoms with E-state index in [-0.39, 0.29) is 18.2 Å². The maximum atomic E-state index is 12.8. The van der Waals surface area contributed by atoms with E-state index in [1.54, 1.807) is 29.2 Å². The molecule has 3 N–H and O–H groups in total. The highest BCUT2D eigenvalue weighted by Crippen LogP contribution is 2.38. The molecule has 0 spiro atoms. The molecule has 0 bridgehead atoms. The minimum atomic E-state index is -0.514. The maximum absolute atomic E-state index is 12.8. The summed E-state index contributed by atoms with van der Waals surface area (Å²) in [6, 6.07) is 6.96. The van der Waals surface area contributed by atoms with Crippen LogP contribution in [0.25, 0.3) is 0 Å². The minimum Gasteiger partial charge on any atom is -0.365 e. The predicted molar refractivity (Wildman–Crippen MR) is 110 cm³/mol. The Morgan fingerprint density at radius 2 is 1.89 bits per heavy atom. The molecule has 0 saturated carbocycles. The third kappa shape index (κ3) is 3.52. The number of halogens is 1. The molecule has 6 nitrogen and oxygen atoms in total. The zero-order chi connectivity index (χ0) is 19.8. The lowest BCUT2D eigenvalue weighted by atomic mass is 9.95. The smallest absolute Gasteiger partial charge is 0.251 e. The second-order valence-corrected chi connectivity index (χ2v) is 8.69. The molecule has 1 atom stereocenters. The number of rotatable bonds is 4. The average Bonchev–Trinajstić information content (AvgIpc) is 3.22. The minimum absolute atomic E-state index is 0.108. The van der Waals surface area contributed by atoms with Crippen molar-refractivity contribution in [3.05, 3.63) is 45.3 Å². The molecule has 1 saturated heterocycles. The van der Waals surface area contributed by atoms with E-state index in [0.717, 1.165) is 36.1 Å². The van der Waals surface area contributed by atoms with E-state index in [2.05, 4.69) is 5.32 Å². The molecule has 1 aromatic heterocycles. The normalized spacial score (nSPS) is 18.8. The lowest BCUT2D eigenvalue weighted by Gasteiger charge is -2.16. The number of aryl methyl sites for hydroxylation is 1. The second kappa shape index (κ2) is 7.56. The molecule has 0 unspecified atom stereocenters. The second-order valence-electron chi connectivity index (χ2n) is 7.15. The van der Waals surface area contributed by atoms with Crippen LogP contribution in [0.5, 0.6) is 0 Å². The van der Waals surface area contributed by atoms with Crippen molar-refractivity contribution in [2.24, 2.45) is 11.7 Å². The van der Waals surface area contributed by atoms with Gasteiger partial charge in [0.1, 0.15) is 5.00 Å². The van der Waals surface area contributed by atoms with Crippen LogP contribution in [0.3, 0.4) is 0 Å². The van der Waals surface area contributed by atoms with Crippen molar-refractivity contribution in [1.82, 2.24) is 0 Å². The van der Waals surface area contributed by atoms with Crippen LogP contribution in [-0.2, 0) is 22.4 Å². The van der Waals surface area contributed by atoms with Gasteiger partial charge in [0.2, 0.25) is 11.8 Å². The molecule has 1 aliphatic heterocycles. The topological polar surface area (TPSA) is 92.5 Å².